The van der Waals surface area contributed by atoms with E-state index in [2.05, 4.69) is 6.58 Å². The van der Waals surface area contributed by atoms with E-state index < -0.39 is 0 Å². The van der Waals surface area contributed by atoms with Crippen LogP contribution < -0.4 is 0 Å². The normalized spacial score (nSPS) is 10.3. The maximum atomic E-state index is 9.66. The van der Waals surface area contributed by atoms with Crippen molar-refractivity contribution < 1.29 is 5.11 Å². The molecule has 0 heterocycles. The number of benzene rings is 2. The number of hydrogen-bond acceptors (Lipinski definition) is 1. The predicted octanol–water partition coefficient (Wildman–Crippen LogP) is 3.28. The molecule has 0 fully saturated rings. The summed E-state index contributed by atoms with van der Waals surface area (Å²) in [5.41, 5.74) is 0.832. The number of allylic oxidation sites excluding steroid dienone is 1. The van der Waals surface area contributed by atoms with Crippen molar-refractivity contribution in [1.29, 1.82) is 0 Å². The number of fused-ring (bicyclic) bond motifs is 1. The lowest BCUT2D eigenvalue weighted by Crippen LogP contribution is -1.83. The van der Waals surface area contributed by atoms with E-state index in [1.54, 1.807) is 12.1 Å². The highest BCUT2D eigenvalue weighted by atomic mass is 16.3. The largest absolute Gasteiger partial charge is 0.508 e. The van der Waals surface area contributed by atoms with E-state index >= 15 is 0 Å². The molecule has 2 rings (SSSR count). The maximum absolute atomic E-state index is 9.66. The third-order valence-electron chi connectivity index (χ3n) is 2.23. The molecule has 0 unspecified atom stereocenters. The van der Waals surface area contributed by atoms with Gasteiger partial charge in [0.15, 0.2) is 0 Å². The summed E-state index contributed by atoms with van der Waals surface area (Å²) in [6, 6.07) is 11.6. The Morgan fingerprint density at radius 1 is 1.07 bits per heavy atom. The van der Waals surface area contributed by atoms with Gasteiger partial charge in [-0.25, -0.2) is 0 Å². The molecule has 0 aliphatic rings. The van der Waals surface area contributed by atoms with Crippen LogP contribution in [0.5, 0.6) is 5.75 Å². The second-order valence-electron chi connectivity index (χ2n) is 3.12. The van der Waals surface area contributed by atoms with Crippen molar-refractivity contribution in [2.24, 2.45) is 0 Å². The molecule has 0 saturated carbocycles. The second-order valence-corrected chi connectivity index (χ2v) is 3.12. The first-order valence-electron chi connectivity index (χ1n) is 4.49. The molecule has 0 aromatic heterocycles. The van der Waals surface area contributed by atoms with Crippen molar-refractivity contribution in [3.8, 4) is 5.75 Å². The molecule has 2 aromatic carbocycles. The molecule has 14 heavy (non-hydrogen) atoms. The Morgan fingerprint density at radius 3 is 2.64 bits per heavy atom. The molecule has 0 aliphatic heterocycles. The Morgan fingerprint density at radius 2 is 1.86 bits per heavy atom. The maximum Gasteiger partial charge on any atom is 0.120 e. The summed E-state index contributed by atoms with van der Waals surface area (Å²) in [6.07, 6.45) is 3.50. The van der Waals surface area contributed by atoms with Gasteiger partial charge in [-0.1, -0.05) is 36.4 Å². The van der Waals surface area contributed by atoms with Gasteiger partial charge in [-0.05, 0) is 16.8 Å². The molecule has 1 N–H and O–H groups in total. The van der Waals surface area contributed by atoms with E-state index in [1.165, 1.54) is 0 Å². The third-order valence-corrected chi connectivity index (χ3v) is 2.23. The van der Waals surface area contributed by atoms with Crippen LogP contribution in [0.2, 0.25) is 0 Å². The number of phenolic OH excluding ortho intramolecular Hbond substituents is 1. The van der Waals surface area contributed by atoms with E-state index in [0.717, 1.165) is 16.3 Å². The highest BCUT2D eigenvalue weighted by Crippen LogP contribution is 2.28. The van der Waals surface area contributed by atoms with Crippen LogP contribution in [0.25, 0.3) is 10.8 Å². The molecule has 1 radical (unpaired) electrons. The van der Waals surface area contributed by atoms with Gasteiger partial charge in [-0.3, -0.25) is 0 Å². The summed E-state index contributed by atoms with van der Waals surface area (Å²) < 4.78 is 0. The molecule has 0 bridgehead atoms. The Bertz CT molecular complexity index is 472. The first-order valence-corrected chi connectivity index (χ1v) is 4.49. The number of phenols is 1. The van der Waals surface area contributed by atoms with Gasteiger partial charge in [-0.15, -0.1) is 6.58 Å². The summed E-state index contributed by atoms with van der Waals surface area (Å²) in [6.45, 7) is 3.64. The van der Waals surface area contributed by atoms with Gasteiger partial charge >= 0.3 is 0 Å². The van der Waals surface area contributed by atoms with Gasteiger partial charge in [0.25, 0.3) is 0 Å². The second kappa shape index (κ2) is 3.54. The molecule has 0 atom stereocenters. The Balaban J connectivity index is 2.75. The van der Waals surface area contributed by atoms with Gasteiger partial charge in [0.1, 0.15) is 5.75 Å². The topological polar surface area (TPSA) is 20.2 Å². The van der Waals surface area contributed by atoms with Crippen LogP contribution in [0, 0.1) is 6.42 Å². The highest BCUT2D eigenvalue weighted by Gasteiger charge is 2.04. The minimum Gasteiger partial charge on any atom is -0.508 e. The van der Waals surface area contributed by atoms with Crippen LogP contribution in [-0.4, -0.2) is 5.11 Å². The lowest BCUT2D eigenvalue weighted by atomic mass is 10.0. The van der Waals surface area contributed by atoms with E-state index in [1.807, 2.05) is 36.8 Å². The van der Waals surface area contributed by atoms with Gasteiger partial charge in [0, 0.05) is 12.0 Å². The SMILES string of the molecule is C=C[CH]c1c(O)ccc2ccccc12. The number of aromatic hydroxyl groups is 1. The van der Waals surface area contributed by atoms with E-state index in [9.17, 15) is 5.11 Å². The zero-order valence-corrected chi connectivity index (χ0v) is 7.77. The highest BCUT2D eigenvalue weighted by molar-refractivity contribution is 5.89. The lowest BCUT2D eigenvalue weighted by Gasteiger charge is -2.06. The smallest absolute Gasteiger partial charge is 0.120 e. The summed E-state index contributed by atoms with van der Waals surface area (Å²) in [5.74, 6) is 0.295. The molecule has 0 saturated heterocycles. The monoisotopic (exact) mass is 183 g/mol. The molecule has 0 spiro atoms. The van der Waals surface area contributed by atoms with Crippen LogP contribution >= 0.6 is 0 Å². The van der Waals surface area contributed by atoms with Crippen molar-refractivity contribution in [2.75, 3.05) is 0 Å². The zero-order chi connectivity index (χ0) is 9.97. The standard InChI is InChI=1S/C13H11O/c1-2-5-12-11-7-4-3-6-10(11)8-9-13(12)14/h2-9,14H,1H2. The number of hydrogen-bond donors (Lipinski definition) is 1. The Hall–Kier alpha value is -1.76. The van der Waals surface area contributed by atoms with Crippen LogP contribution in [0.1, 0.15) is 5.56 Å². The molecular weight excluding hydrogens is 172 g/mol. The minimum atomic E-state index is 0.295. The molecule has 0 amide bonds. The summed E-state index contributed by atoms with van der Waals surface area (Å²) in [4.78, 5) is 0. The van der Waals surface area contributed by atoms with Crippen LogP contribution in [-0.2, 0) is 0 Å². The van der Waals surface area contributed by atoms with Gasteiger partial charge < -0.3 is 5.11 Å². The average molecular weight is 183 g/mol. The van der Waals surface area contributed by atoms with E-state index in [0.29, 0.717) is 5.75 Å². The summed E-state index contributed by atoms with van der Waals surface area (Å²) in [7, 11) is 0. The van der Waals surface area contributed by atoms with Crippen molar-refractivity contribution in [1.82, 2.24) is 0 Å². The quantitative estimate of drug-likeness (QED) is 0.757. The van der Waals surface area contributed by atoms with Gasteiger partial charge in [0.05, 0.1) is 0 Å². The predicted molar refractivity (Wildman–Crippen MR) is 59.2 cm³/mol. The summed E-state index contributed by atoms with van der Waals surface area (Å²) in [5, 5.41) is 11.8. The first kappa shape index (κ1) is 8.82. The van der Waals surface area contributed by atoms with Gasteiger partial charge in [-0.2, -0.15) is 0 Å². The van der Waals surface area contributed by atoms with Crippen LogP contribution in [0.15, 0.2) is 49.1 Å². The molecule has 0 aliphatic carbocycles. The zero-order valence-electron chi connectivity index (χ0n) is 7.77. The fourth-order valence-electron chi connectivity index (χ4n) is 1.58. The Kier molecular flexibility index (Phi) is 2.23. The van der Waals surface area contributed by atoms with Crippen molar-refractivity contribution >= 4 is 10.8 Å². The molecule has 69 valence electrons. The Labute approximate surface area is 83.3 Å². The minimum absolute atomic E-state index is 0.295. The molecule has 1 nitrogen and oxygen atoms in total. The fourth-order valence-corrected chi connectivity index (χ4v) is 1.58. The third kappa shape index (κ3) is 1.37. The van der Waals surface area contributed by atoms with Crippen molar-refractivity contribution in [3.63, 3.8) is 0 Å². The van der Waals surface area contributed by atoms with Gasteiger partial charge in [0.2, 0.25) is 0 Å². The van der Waals surface area contributed by atoms with Crippen LogP contribution in [0.4, 0.5) is 0 Å². The molecule has 2 aromatic rings. The first-order chi connectivity index (χ1) is 6.83. The van der Waals surface area contributed by atoms with Crippen LogP contribution in [0.3, 0.4) is 0 Å². The summed E-state index contributed by atoms with van der Waals surface area (Å²) >= 11 is 0. The average Bonchev–Trinajstić information content (AvgIpc) is 2.23. The molecule has 1 heteroatoms. The van der Waals surface area contributed by atoms with Crippen molar-refractivity contribution in [3.05, 3.63) is 61.0 Å². The van der Waals surface area contributed by atoms with Crippen molar-refractivity contribution in [2.45, 2.75) is 0 Å². The van der Waals surface area contributed by atoms with E-state index in [4.69, 9.17) is 0 Å². The fraction of sp³-hybridized carbons (Fsp3) is 0. The number of rotatable bonds is 2. The lowest BCUT2D eigenvalue weighted by molar-refractivity contribution is 0.473. The van der Waals surface area contributed by atoms with E-state index in [-0.39, 0.29) is 0 Å². The molecular formula is C13H11O.